The van der Waals surface area contributed by atoms with Crippen LogP contribution in [-0.4, -0.2) is 43.8 Å². The number of amides is 2. The SMILES string of the molecule is CC[C@H](C)NC(=O)[C@@H](C)N(Cc1ccc(Cl)c(Cl)c1)C(=O)CN(c1ccc(Cl)cc1)S(=O)(=O)c1ccccc1. The Kier molecular flexibility index (Phi) is 10.7. The average Bonchev–Trinajstić information content (AvgIpc) is 2.92. The highest BCUT2D eigenvalue weighted by atomic mass is 35.5. The largest absolute Gasteiger partial charge is 0.352 e. The van der Waals surface area contributed by atoms with Crippen LogP contribution < -0.4 is 9.62 Å². The van der Waals surface area contributed by atoms with Crippen molar-refractivity contribution in [1.82, 2.24) is 10.2 Å². The summed E-state index contributed by atoms with van der Waals surface area (Å²) < 4.78 is 28.4. The molecule has 1 N–H and O–H groups in total. The van der Waals surface area contributed by atoms with Crippen LogP contribution in [0.1, 0.15) is 32.8 Å². The predicted molar refractivity (Wildman–Crippen MR) is 157 cm³/mol. The first-order valence-electron chi connectivity index (χ1n) is 12.3. The van der Waals surface area contributed by atoms with Crippen LogP contribution in [0.15, 0.2) is 77.7 Å². The first-order valence-corrected chi connectivity index (χ1v) is 14.9. The van der Waals surface area contributed by atoms with Crippen molar-refractivity contribution in [3.8, 4) is 0 Å². The number of anilines is 1. The molecule has 2 atom stereocenters. The molecule has 0 unspecified atom stereocenters. The van der Waals surface area contributed by atoms with Gasteiger partial charge in [0.2, 0.25) is 11.8 Å². The molecule has 3 aromatic rings. The van der Waals surface area contributed by atoms with E-state index in [0.29, 0.717) is 27.1 Å². The topological polar surface area (TPSA) is 86.8 Å². The fourth-order valence-electron chi connectivity index (χ4n) is 3.74. The molecule has 0 aliphatic carbocycles. The standard InChI is InChI=1S/C28H30Cl3N3O4S/c1-4-19(2)32-28(36)20(3)33(17-21-10-15-25(30)26(31)16-21)27(35)18-34(23-13-11-22(29)12-14-23)39(37,38)24-8-6-5-7-9-24/h5-16,19-20H,4,17-18H2,1-3H3,(H,32,36)/t19-,20+/m0/s1. The summed E-state index contributed by atoms with van der Waals surface area (Å²) in [4.78, 5) is 28.3. The Labute approximate surface area is 244 Å². The molecule has 0 heterocycles. The number of nitrogens with one attached hydrogen (secondary N) is 1. The molecule has 0 aromatic heterocycles. The Morgan fingerprint density at radius 2 is 1.54 bits per heavy atom. The zero-order valence-corrected chi connectivity index (χ0v) is 24.9. The van der Waals surface area contributed by atoms with Crippen molar-refractivity contribution in [2.24, 2.45) is 0 Å². The Morgan fingerprint density at radius 3 is 2.13 bits per heavy atom. The Balaban J connectivity index is 2.02. The highest BCUT2D eigenvalue weighted by Gasteiger charge is 2.32. The number of carbonyl (C=O) groups is 2. The Morgan fingerprint density at radius 1 is 0.897 bits per heavy atom. The minimum Gasteiger partial charge on any atom is -0.352 e. The molecule has 0 aliphatic heterocycles. The van der Waals surface area contributed by atoms with Crippen LogP contribution in [0, 0.1) is 0 Å². The zero-order chi connectivity index (χ0) is 28.7. The van der Waals surface area contributed by atoms with Crippen molar-refractivity contribution in [3.05, 3.63) is 93.4 Å². The first-order chi connectivity index (χ1) is 18.4. The van der Waals surface area contributed by atoms with Gasteiger partial charge in [0.1, 0.15) is 12.6 Å². The molecule has 0 spiro atoms. The third-order valence-electron chi connectivity index (χ3n) is 6.23. The van der Waals surface area contributed by atoms with Gasteiger partial charge in [-0.05, 0) is 74.4 Å². The molecule has 0 bridgehead atoms. The van der Waals surface area contributed by atoms with Crippen LogP contribution in [0.3, 0.4) is 0 Å². The van der Waals surface area contributed by atoms with Gasteiger partial charge in [0.15, 0.2) is 0 Å². The van der Waals surface area contributed by atoms with E-state index in [1.807, 2.05) is 13.8 Å². The number of carbonyl (C=O) groups excluding carboxylic acids is 2. The normalized spacial score (nSPS) is 12.9. The van der Waals surface area contributed by atoms with Crippen LogP contribution in [-0.2, 0) is 26.2 Å². The summed E-state index contributed by atoms with van der Waals surface area (Å²) in [6.07, 6.45) is 0.707. The molecule has 0 saturated heterocycles. The van der Waals surface area contributed by atoms with Crippen molar-refractivity contribution in [2.45, 2.75) is 50.7 Å². The summed E-state index contributed by atoms with van der Waals surface area (Å²) in [5, 5.41) is 3.96. The molecule has 39 heavy (non-hydrogen) atoms. The van der Waals surface area contributed by atoms with Crippen LogP contribution in [0.4, 0.5) is 5.69 Å². The molecular weight excluding hydrogens is 581 g/mol. The molecule has 0 radical (unpaired) electrons. The lowest BCUT2D eigenvalue weighted by Crippen LogP contribution is -2.52. The van der Waals surface area contributed by atoms with Crippen LogP contribution in [0.2, 0.25) is 15.1 Å². The molecule has 3 aromatic carbocycles. The number of nitrogens with zero attached hydrogens (tertiary/aromatic N) is 2. The predicted octanol–water partition coefficient (Wildman–Crippen LogP) is 6.17. The van der Waals surface area contributed by atoms with Crippen molar-refractivity contribution in [3.63, 3.8) is 0 Å². The van der Waals surface area contributed by atoms with Crippen molar-refractivity contribution in [1.29, 1.82) is 0 Å². The van der Waals surface area contributed by atoms with Crippen LogP contribution >= 0.6 is 34.8 Å². The molecule has 0 saturated carbocycles. The maximum atomic E-state index is 13.9. The summed E-state index contributed by atoms with van der Waals surface area (Å²) in [5.41, 5.74) is 0.882. The highest BCUT2D eigenvalue weighted by Crippen LogP contribution is 2.27. The molecule has 0 fully saturated rings. The molecule has 11 heteroatoms. The number of rotatable bonds is 11. The van der Waals surface area contributed by atoms with Gasteiger partial charge in [-0.1, -0.05) is 66.0 Å². The molecule has 0 aliphatic rings. The molecular formula is C28H30Cl3N3O4S. The summed E-state index contributed by atoms with van der Waals surface area (Å²) in [6, 6.07) is 17.9. The van der Waals surface area contributed by atoms with Gasteiger partial charge in [0, 0.05) is 17.6 Å². The Hall–Kier alpha value is -2.78. The minimum atomic E-state index is -4.15. The van der Waals surface area contributed by atoms with E-state index in [-0.39, 0.29) is 29.1 Å². The quantitative estimate of drug-likeness (QED) is 0.281. The van der Waals surface area contributed by atoms with Gasteiger partial charge in [0.25, 0.3) is 10.0 Å². The second-order valence-corrected chi connectivity index (χ2v) is 12.2. The fourth-order valence-corrected chi connectivity index (χ4v) is 5.62. The lowest BCUT2D eigenvalue weighted by atomic mass is 10.1. The maximum Gasteiger partial charge on any atom is 0.264 e. The molecule has 7 nitrogen and oxygen atoms in total. The lowest BCUT2D eigenvalue weighted by molar-refractivity contribution is -0.139. The van der Waals surface area contributed by atoms with E-state index in [0.717, 1.165) is 4.31 Å². The van der Waals surface area contributed by atoms with Crippen LogP contribution in [0.25, 0.3) is 0 Å². The van der Waals surface area contributed by atoms with Gasteiger partial charge >= 0.3 is 0 Å². The van der Waals surface area contributed by atoms with E-state index in [1.165, 1.54) is 29.2 Å². The third-order valence-corrected chi connectivity index (χ3v) is 9.01. The van der Waals surface area contributed by atoms with E-state index < -0.39 is 28.5 Å². The van der Waals surface area contributed by atoms with E-state index >= 15 is 0 Å². The summed E-state index contributed by atoms with van der Waals surface area (Å²) in [6.45, 7) is 4.86. The van der Waals surface area contributed by atoms with Crippen LogP contribution in [0.5, 0.6) is 0 Å². The molecule has 208 valence electrons. The van der Waals surface area contributed by atoms with Gasteiger partial charge in [-0.2, -0.15) is 0 Å². The van der Waals surface area contributed by atoms with E-state index in [1.54, 1.807) is 55.5 Å². The van der Waals surface area contributed by atoms with E-state index in [9.17, 15) is 18.0 Å². The maximum absolute atomic E-state index is 13.9. The fraction of sp³-hybridized carbons (Fsp3) is 0.286. The lowest BCUT2D eigenvalue weighted by Gasteiger charge is -2.32. The monoisotopic (exact) mass is 609 g/mol. The zero-order valence-electron chi connectivity index (χ0n) is 21.8. The number of hydrogen-bond donors (Lipinski definition) is 1. The smallest absolute Gasteiger partial charge is 0.264 e. The van der Waals surface area contributed by atoms with Crippen molar-refractivity contribution < 1.29 is 18.0 Å². The van der Waals surface area contributed by atoms with Crippen molar-refractivity contribution >= 4 is 62.3 Å². The van der Waals surface area contributed by atoms with Gasteiger partial charge < -0.3 is 10.2 Å². The van der Waals surface area contributed by atoms with Gasteiger partial charge in [-0.3, -0.25) is 13.9 Å². The van der Waals surface area contributed by atoms with E-state index in [4.69, 9.17) is 34.8 Å². The second kappa shape index (κ2) is 13.5. The first kappa shape index (κ1) is 30.8. The van der Waals surface area contributed by atoms with Gasteiger partial charge in [0.05, 0.1) is 20.6 Å². The highest BCUT2D eigenvalue weighted by molar-refractivity contribution is 7.92. The summed E-state index contributed by atoms with van der Waals surface area (Å²) in [7, 11) is -4.15. The summed E-state index contributed by atoms with van der Waals surface area (Å²) in [5.74, 6) is -0.941. The number of sulfonamides is 1. The number of halogens is 3. The van der Waals surface area contributed by atoms with Crippen molar-refractivity contribution in [2.75, 3.05) is 10.8 Å². The summed E-state index contributed by atoms with van der Waals surface area (Å²) >= 11 is 18.3. The molecule has 2 amide bonds. The number of hydrogen-bond acceptors (Lipinski definition) is 4. The van der Waals surface area contributed by atoms with Gasteiger partial charge in [-0.15, -0.1) is 0 Å². The minimum absolute atomic E-state index is 0.00462. The Bertz CT molecular complexity index is 1400. The molecule has 3 rings (SSSR count). The third kappa shape index (κ3) is 7.88. The number of benzene rings is 3. The second-order valence-electron chi connectivity index (χ2n) is 9.07. The van der Waals surface area contributed by atoms with E-state index in [2.05, 4.69) is 5.32 Å². The average molecular weight is 611 g/mol. The van der Waals surface area contributed by atoms with Gasteiger partial charge in [-0.25, -0.2) is 8.42 Å².